The van der Waals surface area contributed by atoms with Crippen LogP contribution in [0.2, 0.25) is 0 Å². The number of nitrogens with one attached hydrogen (secondary N) is 1. The van der Waals surface area contributed by atoms with Crippen LogP contribution >= 0.6 is 0 Å². The number of carbonyl (C=O) groups is 2. The molecule has 1 saturated heterocycles. The number of hydrogen-bond acceptors (Lipinski definition) is 5. The molecule has 0 atom stereocenters. The van der Waals surface area contributed by atoms with Gasteiger partial charge in [0.05, 0.1) is 0 Å². The van der Waals surface area contributed by atoms with Gasteiger partial charge in [-0.15, -0.1) is 0 Å². The van der Waals surface area contributed by atoms with Crippen molar-refractivity contribution in [3.63, 3.8) is 0 Å². The van der Waals surface area contributed by atoms with Crippen LogP contribution in [0.1, 0.15) is 51.7 Å². The van der Waals surface area contributed by atoms with Gasteiger partial charge in [-0.25, -0.2) is 0 Å². The summed E-state index contributed by atoms with van der Waals surface area (Å²) >= 11 is 0. The zero-order valence-corrected chi connectivity index (χ0v) is 22.1. The second kappa shape index (κ2) is 11.5. The molecule has 1 aromatic heterocycles. The Labute approximate surface area is 224 Å². The topological polar surface area (TPSA) is 67.2 Å². The molecule has 0 spiro atoms. The second-order valence-corrected chi connectivity index (χ2v) is 10.3. The Morgan fingerprint density at radius 2 is 1.34 bits per heavy atom. The summed E-state index contributed by atoms with van der Waals surface area (Å²) in [5.74, 6) is 0.971. The minimum Gasteiger partial charge on any atom is -0.372 e. The molecule has 0 aliphatic carbocycles. The Hall–Kier alpha value is -4.19. The van der Waals surface area contributed by atoms with Crippen molar-refractivity contribution in [3.8, 4) is 0 Å². The molecule has 0 saturated carbocycles. The molecular formula is C32H34N4O2. The van der Waals surface area contributed by atoms with Crippen molar-refractivity contribution >= 4 is 28.6 Å². The quantitative estimate of drug-likeness (QED) is 0.272. The highest BCUT2D eigenvalue weighted by atomic mass is 16.1. The average molecular weight is 507 g/mol. The maximum atomic E-state index is 12.9. The first-order valence-corrected chi connectivity index (χ1v) is 13.3. The fourth-order valence-electron chi connectivity index (χ4n) is 4.91. The Morgan fingerprint density at radius 1 is 0.789 bits per heavy atom. The second-order valence-electron chi connectivity index (χ2n) is 10.3. The molecule has 0 unspecified atom stereocenters. The van der Waals surface area contributed by atoms with E-state index in [2.05, 4.69) is 34.4 Å². The molecule has 1 fully saturated rings. The van der Waals surface area contributed by atoms with Crippen molar-refractivity contribution in [2.24, 2.45) is 13.0 Å². The monoisotopic (exact) mass is 506 g/mol. The van der Waals surface area contributed by atoms with Crippen LogP contribution in [-0.2, 0) is 19.9 Å². The number of ketones is 2. The van der Waals surface area contributed by atoms with Gasteiger partial charge in [-0.3, -0.25) is 14.3 Å². The minimum absolute atomic E-state index is 0.0449. The Bertz CT molecular complexity index is 1380. The van der Waals surface area contributed by atoms with Crippen LogP contribution in [0.3, 0.4) is 0 Å². The molecule has 38 heavy (non-hydrogen) atoms. The molecule has 3 aromatic carbocycles. The van der Waals surface area contributed by atoms with Gasteiger partial charge in [0.25, 0.3) is 0 Å². The van der Waals surface area contributed by atoms with E-state index in [1.54, 1.807) is 24.0 Å². The van der Waals surface area contributed by atoms with Crippen molar-refractivity contribution in [1.82, 2.24) is 9.78 Å². The van der Waals surface area contributed by atoms with E-state index in [1.807, 2.05) is 60.7 Å². The van der Waals surface area contributed by atoms with E-state index in [1.165, 1.54) is 18.5 Å². The van der Waals surface area contributed by atoms with Gasteiger partial charge in [-0.2, -0.15) is 5.10 Å². The number of nitrogens with zero attached hydrogens (tertiary/aromatic N) is 3. The number of Topliss-reactive ketones (excluding diaryl/α,β-unsaturated/α-hetero) is 2. The van der Waals surface area contributed by atoms with Crippen molar-refractivity contribution in [3.05, 3.63) is 107 Å². The lowest BCUT2D eigenvalue weighted by atomic mass is 9.98. The summed E-state index contributed by atoms with van der Waals surface area (Å²) in [4.78, 5) is 27.7. The van der Waals surface area contributed by atoms with E-state index >= 15 is 0 Å². The zero-order chi connectivity index (χ0) is 26.5. The zero-order valence-electron chi connectivity index (χ0n) is 22.1. The SMILES string of the molecule is CC1CCN(c2ccc(C(=O)Cc3ccc(Nc4ccc(CC(=O)c5ccnn5C)cc4)cc3)cc2)CC1. The van der Waals surface area contributed by atoms with Crippen molar-refractivity contribution < 1.29 is 9.59 Å². The highest BCUT2D eigenvalue weighted by molar-refractivity contribution is 5.98. The van der Waals surface area contributed by atoms with Gasteiger partial charge < -0.3 is 10.2 Å². The predicted octanol–water partition coefficient (Wildman–Crippen LogP) is 6.25. The van der Waals surface area contributed by atoms with Crippen LogP contribution in [0.25, 0.3) is 0 Å². The van der Waals surface area contributed by atoms with Gasteiger partial charge in [0.15, 0.2) is 11.6 Å². The minimum atomic E-state index is 0.0449. The smallest absolute Gasteiger partial charge is 0.185 e. The van der Waals surface area contributed by atoms with E-state index in [4.69, 9.17) is 0 Å². The number of hydrogen-bond donors (Lipinski definition) is 1. The highest BCUT2D eigenvalue weighted by Gasteiger charge is 2.16. The third kappa shape index (κ3) is 6.20. The molecule has 6 nitrogen and oxygen atoms in total. The molecule has 2 heterocycles. The predicted molar refractivity (Wildman–Crippen MR) is 152 cm³/mol. The van der Waals surface area contributed by atoms with Crippen LogP contribution in [0.4, 0.5) is 17.1 Å². The summed E-state index contributed by atoms with van der Waals surface area (Å²) in [6.07, 6.45) is 4.80. The summed E-state index contributed by atoms with van der Waals surface area (Å²) in [5, 5.41) is 7.45. The van der Waals surface area contributed by atoms with Crippen LogP contribution < -0.4 is 10.2 Å². The number of anilines is 3. The lowest BCUT2D eigenvalue weighted by Crippen LogP contribution is -2.32. The van der Waals surface area contributed by atoms with E-state index in [0.29, 0.717) is 18.5 Å². The summed E-state index contributed by atoms with van der Waals surface area (Å²) in [6, 6.07) is 25.6. The molecule has 0 bridgehead atoms. The van der Waals surface area contributed by atoms with Crippen LogP contribution in [0.5, 0.6) is 0 Å². The summed E-state index contributed by atoms with van der Waals surface area (Å²) in [5.41, 5.74) is 6.39. The molecule has 1 aliphatic rings. The molecule has 6 heteroatoms. The molecule has 0 amide bonds. The van der Waals surface area contributed by atoms with Crippen molar-refractivity contribution in [2.45, 2.75) is 32.6 Å². The molecule has 194 valence electrons. The molecule has 5 rings (SSSR count). The summed E-state index contributed by atoms with van der Waals surface area (Å²) in [7, 11) is 1.77. The van der Waals surface area contributed by atoms with E-state index in [0.717, 1.165) is 47.1 Å². The molecule has 1 aliphatic heterocycles. The Kier molecular flexibility index (Phi) is 7.68. The third-order valence-corrected chi connectivity index (χ3v) is 7.37. The number of carbonyl (C=O) groups excluding carboxylic acids is 2. The normalized spacial score (nSPS) is 13.9. The lowest BCUT2D eigenvalue weighted by Gasteiger charge is -2.32. The van der Waals surface area contributed by atoms with Gasteiger partial charge >= 0.3 is 0 Å². The van der Waals surface area contributed by atoms with E-state index < -0.39 is 0 Å². The first kappa shape index (κ1) is 25.5. The first-order valence-electron chi connectivity index (χ1n) is 13.3. The Balaban J connectivity index is 1.13. The third-order valence-electron chi connectivity index (χ3n) is 7.37. The van der Waals surface area contributed by atoms with E-state index in [9.17, 15) is 9.59 Å². The van der Waals surface area contributed by atoms with Crippen LogP contribution in [0.15, 0.2) is 85.1 Å². The van der Waals surface area contributed by atoms with Gasteiger partial charge in [0, 0.05) is 61.8 Å². The van der Waals surface area contributed by atoms with Crippen molar-refractivity contribution in [1.29, 1.82) is 0 Å². The largest absolute Gasteiger partial charge is 0.372 e. The van der Waals surface area contributed by atoms with Gasteiger partial charge in [-0.1, -0.05) is 31.2 Å². The fraction of sp³-hybridized carbons (Fsp3) is 0.281. The number of aromatic nitrogens is 2. The number of aryl methyl sites for hydroxylation is 1. The van der Waals surface area contributed by atoms with Gasteiger partial charge in [0.2, 0.25) is 0 Å². The van der Waals surface area contributed by atoms with Crippen LogP contribution in [-0.4, -0.2) is 34.4 Å². The number of piperidine rings is 1. The highest BCUT2D eigenvalue weighted by Crippen LogP contribution is 2.24. The molecular weight excluding hydrogens is 472 g/mol. The molecule has 1 N–H and O–H groups in total. The van der Waals surface area contributed by atoms with Gasteiger partial charge in [-0.05, 0) is 84.5 Å². The molecule has 0 radical (unpaired) electrons. The maximum absolute atomic E-state index is 12.9. The van der Waals surface area contributed by atoms with Gasteiger partial charge in [0.1, 0.15) is 5.69 Å². The lowest BCUT2D eigenvalue weighted by molar-refractivity contribution is 0.0979. The Morgan fingerprint density at radius 3 is 1.87 bits per heavy atom. The number of rotatable bonds is 9. The summed E-state index contributed by atoms with van der Waals surface area (Å²) in [6.45, 7) is 4.49. The summed E-state index contributed by atoms with van der Waals surface area (Å²) < 4.78 is 1.60. The standard InChI is InChI=1S/C32H34N4O2/c1-23-16-19-36(20-17-23)29-13-7-26(8-14-29)31(37)21-24-3-9-27(10-4-24)34-28-11-5-25(6-12-28)22-32(38)30-15-18-33-35(30)2/h3-15,18,23,34H,16-17,19-22H2,1-2H3. The van der Waals surface area contributed by atoms with Crippen molar-refractivity contribution in [2.75, 3.05) is 23.3 Å². The molecule has 4 aromatic rings. The average Bonchev–Trinajstić information content (AvgIpc) is 3.37. The van der Waals surface area contributed by atoms with E-state index in [-0.39, 0.29) is 11.6 Å². The number of benzene rings is 3. The maximum Gasteiger partial charge on any atom is 0.185 e. The first-order chi connectivity index (χ1) is 18.4. The van der Waals surface area contributed by atoms with Crippen LogP contribution in [0, 0.1) is 5.92 Å². The fourth-order valence-corrected chi connectivity index (χ4v) is 4.91.